The number of pyridine rings is 1. The van der Waals surface area contributed by atoms with Crippen LogP contribution in [0.1, 0.15) is 24.4 Å². The first-order valence-corrected chi connectivity index (χ1v) is 6.58. The second-order valence-corrected chi connectivity index (χ2v) is 4.84. The molecule has 17 heavy (non-hydrogen) atoms. The van der Waals surface area contributed by atoms with Crippen LogP contribution in [0.3, 0.4) is 0 Å². The first-order valence-electron chi connectivity index (χ1n) is 6.58. The minimum Gasteiger partial charge on any atom is -0.354 e. The van der Waals surface area contributed by atoms with Crippen LogP contribution < -0.4 is 15.5 Å². The lowest BCUT2D eigenvalue weighted by Gasteiger charge is -2.28. The average molecular weight is 232 g/mol. The van der Waals surface area contributed by atoms with E-state index in [2.05, 4.69) is 32.7 Å². The molecule has 2 saturated heterocycles. The summed E-state index contributed by atoms with van der Waals surface area (Å²) in [7, 11) is 0. The second-order valence-electron chi connectivity index (χ2n) is 4.84. The fourth-order valence-electron chi connectivity index (χ4n) is 2.65. The van der Waals surface area contributed by atoms with Gasteiger partial charge in [0.25, 0.3) is 0 Å². The highest BCUT2D eigenvalue weighted by Gasteiger charge is 2.17. The van der Waals surface area contributed by atoms with Crippen molar-refractivity contribution in [1.29, 1.82) is 0 Å². The quantitative estimate of drug-likeness (QED) is 0.795. The summed E-state index contributed by atoms with van der Waals surface area (Å²) in [6.07, 6.45) is 4.57. The molecular formula is C13H20N4. The highest BCUT2D eigenvalue weighted by Crippen LogP contribution is 2.23. The molecule has 1 aromatic rings. The highest BCUT2D eigenvalue weighted by atomic mass is 15.2. The fourth-order valence-corrected chi connectivity index (χ4v) is 2.65. The third-order valence-electron chi connectivity index (χ3n) is 3.67. The third-order valence-corrected chi connectivity index (χ3v) is 3.67. The Morgan fingerprint density at radius 1 is 1.18 bits per heavy atom. The lowest BCUT2D eigenvalue weighted by Crippen LogP contribution is -2.43. The maximum absolute atomic E-state index is 4.61. The summed E-state index contributed by atoms with van der Waals surface area (Å²) in [6, 6.07) is 4.92. The summed E-state index contributed by atoms with van der Waals surface area (Å²) in [6.45, 7) is 5.40. The molecule has 0 aliphatic carbocycles. The van der Waals surface area contributed by atoms with E-state index < -0.39 is 0 Å². The summed E-state index contributed by atoms with van der Waals surface area (Å²) < 4.78 is 0. The van der Waals surface area contributed by atoms with Gasteiger partial charge in [-0.2, -0.15) is 0 Å². The molecule has 0 radical (unpaired) electrons. The van der Waals surface area contributed by atoms with Gasteiger partial charge < -0.3 is 15.5 Å². The van der Waals surface area contributed by atoms with Crippen molar-refractivity contribution >= 4 is 5.82 Å². The van der Waals surface area contributed by atoms with Crippen LogP contribution in [0.25, 0.3) is 0 Å². The Balaban J connectivity index is 1.70. The van der Waals surface area contributed by atoms with Crippen LogP contribution in [0, 0.1) is 0 Å². The number of nitrogens with zero attached hydrogens (tertiary/aromatic N) is 2. The molecule has 2 fully saturated rings. The van der Waals surface area contributed by atoms with E-state index in [1.165, 1.54) is 18.4 Å². The molecular weight excluding hydrogens is 212 g/mol. The molecule has 4 heteroatoms. The molecule has 1 aromatic heterocycles. The molecule has 0 aromatic carbocycles. The van der Waals surface area contributed by atoms with Crippen LogP contribution >= 0.6 is 0 Å². The molecule has 3 rings (SSSR count). The highest BCUT2D eigenvalue weighted by molar-refractivity contribution is 5.40. The number of rotatable bonds is 2. The van der Waals surface area contributed by atoms with Crippen molar-refractivity contribution in [2.45, 2.75) is 18.9 Å². The van der Waals surface area contributed by atoms with Gasteiger partial charge in [-0.05, 0) is 31.0 Å². The molecule has 0 amide bonds. The van der Waals surface area contributed by atoms with Crippen molar-refractivity contribution in [1.82, 2.24) is 15.6 Å². The van der Waals surface area contributed by atoms with Crippen LogP contribution in [-0.2, 0) is 0 Å². The molecule has 92 valence electrons. The Bertz CT molecular complexity index is 350. The second kappa shape index (κ2) is 5.02. The van der Waals surface area contributed by atoms with Gasteiger partial charge in [0.1, 0.15) is 5.82 Å². The Morgan fingerprint density at radius 3 is 2.71 bits per heavy atom. The molecule has 2 N–H and O–H groups in total. The zero-order valence-electron chi connectivity index (χ0n) is 10.2. The van der Waals surface area contributed by atoms with Crippen molar-refractivity contribution in [3.05, 3.63) is 23.9 Å². The minimum atomic E-state index is 0.527. The summed E-state index contributed by atoms with van der Waals surface area (Å²) >= 11 is 0. The molecule has 0 unspecified atom stereocenters. The van der Waals surface area contributed by atoms with Crippen LogP contribution in [0.4, 0.5) is 5.82 Å². The molecule has 0 spiro atoms. The number of anilines is 1. The summed E-state index contributed by atoms with van der Waals surface area (Å²) in [4.78, 5) is 6.95. The van der Waals surface area contributed by atoms with Gasteiger partial charge in [0, 0.05) is 38.4 Å². The van der Waals surface area contributed by atoms with E-state index >= 15 is 0 Å². The molecule has 2 aliphatic heterocycles. The first kappa shape index (κ1) is 11.0. The third kappa shape index (κ3) is 2.42. The predicted molar refractivity (Wildman–Crippen MR) is 69.3 cm³/mol. The van der Waals surface area contributed by atoms with Crippen LogP contribution in [0.2, 0.25) is 0 Å². The number of piperazine rings is 1. The largest absolute Gasteiger partial charge is 0.354 e. The Hall–Kier alpha value is -1.13. The molecule has 1 atom stereocenters. The van der Waals surface area contributed by atoms with Gasteiger partial charge in [0.05, 0.1) is 0 Å². The normalized spacial score (nSPS) is 25.2. The van der Waals surface area contributed by atoms with Gasteiger partial charge >= 0.3 is 0 Å². The predicted octanol–water partition coefficient (Wildman–Crippen LogP) is 0.916. The zero-order valence-corrected chi connectivity index (χ0v) is 10.2. The van der Waals surface area contributed by atoms with Crippen LogP contribution in [-0.4, -0.2) is 37.7 Å². The summed E-state index contributed by atoms with van der Waals surface area (Å²) in [5.41, 5.74) is 1.33. The van der Waals surface area contributed by atoms with Gasteiger partial charge in [-0.15, -0.1) is 0 Å². The maximum Gasteiger partial charge on any atom is 0.128 e. The maximum atomic E-state index is 4.61. The van der Waals surface area contributed by atoms with E-state index in [9.17, 15) is 0 Å². The van der Waals surface area contributed by atoms with Gasteiger partial charge in [-0.25, -0.2) is 4.98 Å². The van der Waals surface area contributed by atoms with E-state index in [1.807, 2.05) is 6.20 Å². The number of hydrogen-bond acceptors (Lipinski definition) is 4. The minimum absolute atomic E-state index is 0.527. The molecule has 0 saturated carbocycles. The van der Waals surface area contributed by atoms with Crippen molar-refractivity contribution < 1.29 is 0 Å². The number of aromatic nitrogens is 1. The van der Waals surface area contributed by atoms with E-state index in [0.717, 1.165) is 38.5 Å². The summed E-state index contributed by atoms with van der Waals surface area (Å²) in [5.74, 6) is 1.12. The monoisotopic (exact) mass is 232 g/mol. The average Bonchev–Trinajstić information content (AvgIpc) is 2.94. The number of hydrogen-bond donors (Lipinski definition) is 2. The smallest absolute Gasteiger partial charge is 0.128 e. The van der Waals surface area contributed by atoms with E-state index in [-0.39, 0.29) is 0 Å². The van der Waals surface area contributed by atoms with Gasteiger partial charge in [-0.3, -0.25) is 0 Å². The molecule has 4 nitrogen and oxygen atoms in total. The van der Waals surface area contributed by atoms with Crippen LogP contribution in [0.15, 0.2) is 18.3 Å². The Morgan fingerprint density at radius 2 is 2.06 bits per heavy atom. The van der Waals surface area contributed by atoms with Crippen molar-refractivity contribution in [3.8, 4) is 0 Å². The molecule has 0 bridgehead atoms. The summed E-state index contributed by atoms with van der Waals surface area (Å²) in [5, 5.41) is 6.87. The van der Waals surface area contributed by atoms with E-state index in [0.29, 0.717) is 6.04 Å². The Kier molecular flexibility index (Phi) is 3.25. The molecule has 3 heterocycles. The lowest BCUT2D eigenvalue weighted by atomic mass is 10.1. The topological polar surface area (TPSA) is 40.2 Å². The first-order chi connectivity index (χ1) is 8.43. The van der Waals surface area contributed by atoms with Crippen LogP contribution in [0.5, 0.6) is 0 Å². The Labute approximate surface area is 102 Å². The van der Waals surface area contributed by atoms with E-state index in [1.54, 1.807) is 0 Å². The number of nitrogens with one attached hydrogen (secondary N) is 2. The molecule has 2 aliphatic rings. The van der Waals surface area contributed by atoms with Gasteiger partial charge in [0.15, 0.2) is 0 Å². The SMILES string of the molecule is c1cc(N2CCNCC2)ncc1[C@H]1CCCN1. The van der Waals surface area contributed by atoms with Crippen molar-refractivity contribution in [2.24, 2.45) is 0 Å². The van der Waals surface area contributed by atoms with Crippen molar-refractivity contribution in [3.63, 3.8) is 0 Å². The van der Waals surface area contributed by atoms with Gasteiger partial charge in [0.2, 0.25) is 0 Å². The lowest BCUT2D eigenvalue weighted by molar-refractivity contribution is 0.584. The zero-order chi connectivity index (χ0) is 11.5. The van der Waals surface area contributed by atoms with Gasteiger partial charge in [-0.1, -0.05) is 6.07 Å². The van der Waals surface area contributed by atoms with E-state index in [4.69, 9.17) is 0 Å². The standard InChI is InChI=1S/C13H20N4/c1-2-12(15-5-1)11-3-4-13(16-10-11)17-8-6-14-7-9-17/h3-4,10,12,14-15H,1-2,5-9H2/t12-/m1/s1. The fraction of sp³-hybridized carbons (Fsp3) is 0.615. The van der Waals surface area contributed by atoms with Crippen molar-refractivity contribution in [2.75, 3.05) is 37.6 Å².